The van der Waals surface area contributed by atoms with Gasteiger partial charge >= 0.3 is 0 Å². The average Bonchev–Trinajstić information content (AvgIpc) is 2.99. The molecule has 152 valence electrons. The molecule has 0 N–H and O–H groups in total. The maximum Gasteiger partial charge on any atom is 0.223 e. The molecule has 3 aromatic rings. The minimum atomic E-state index is -0.452. The van der Waals surface area contributed by atoms with Gasteiger partial charge in [0.15, 0.2) is 11.6 Å². The Hall–Kier alpha value is -3.15. The third kappa shape index (κ3) is 4.83. The Balaban J connectivity index is 2.08. The van der Waals surface area contributed by atoms with E-state index in [0.29, 0.717) is 24.9 Å². The molecule has 5 nitrogen and oxygen atoms in total. The second kappa shape index (κ2) is 8.90. The van der Waals surface area contributed by atoms with E-state index in [1.165, 1.54) is 6.07 Å². The summed E-state index contributed by atoms with van der Waals surface area (Å²) in [5.41, 5.74) is 2.38. The van der Waals surface area contributed by atoms with Crippen LogP contribution in [0, 0.1) is 11.7 Å². The summed E-state index contributed by atoms with van der Waals surface area (Å²) in [4.78, 5) is 14.0. The number of aryl methyl sites for hydroxylation is 1. The highest BCUT2D eigenvalue weighted by Gasteiger charge is 2.24. The maximum absolute atomic E-state index is 14.2. The van der Waals surface area contributed by atoms with E-state index in [9.17, 15) is 9.18 Å². The first kappa shape index (κ1) is 20.6. The maximum atomic E-state index is 14.2. The topological polar surface area (TPSA) is 47.4 Å². The van der Waals surface area contributed by atoms with E-state index in [4.69, 9.17) is 4.74 Å². The molecule has 0 bridgehead atoms. The van der Waals surface area contributed by atoms with Crippen LogP contribution in [-0.2, 0) is 18.4 Å². The van der Waals surface area contributed by atoms with Gasteiger partial charge in [0.05, 0.1) is 12.1 Å². The van der Waals surface area contributed by atoms with Crippen molar-refractivity contribution >= 4 is 5.91 Å². The predicted molar refractivity (Wildman–Crippen MR) is 111 cm³/mol. The van der Waals surface area contributed by atoms with Gasteiger partial charge in [-0.3, -0.25) is 4.79 Å². The average molecular weight is 395 g/mol. The summed E-state index contributed by atoms with van der Waals surface area (Å²) in [6, 6.07) is 16.0. The molecular formula is C23H26FN3O2. The number of nitrogens with zero attached hydrogens (tertiary/aromatic N) is 3. The molecule has 0 aliphatic heterocycles. The summed E-state index contributed by atoms with van der Waals surface area (Å²) < 4.78 is 21.8. The van der Waals surface area contributed by atoms with Crippen LogP contribution in [0.3, 0.4) is 0 Å². The van der Waals surface area contributed by atoms with Crippen molar-refractivity contribution in [1.29, 1.82) is 0 Å². The van der Waals surface area contributed by atoms with E-state index < -0.39 is 5.82 Å². The first-order chi connectivity index (χ1) is 13.9. The van der Waals surface area contributed by atoms with E-state index in [1.807, 2.05) is 30.3 Å². The third-order valence-electron chi connectivity index (χ3n) is 4.56. The van der Waals surface area contributed by atoms with Gasteiger partial charge in [-0.25, -0.2) is 9.07 Å². The second-order valence-corrected chi connectivity index (χ2v) is 7.45. The molecule has 29 heavy (non-hydrogen) atoms. The summed E-state index contributed by atoms with van der Waals surface area (Å²) >= 11 is 0. The predicted octanol–water partition coefficient (Wildman–Crippen LogP) is 5.02. The number of carbonyl (C=O) groups excluding carboxylic acids is 1. The number of carbonyl (C=O) groups is 1. The highest BCUT2D eigenvalue weighted by molar-refractivity contribution is 5.74. The normalized spacial score (nSPS) is 11.0. The lowest BCUT2D eigenvalue weighted by molar-refractivity contribution is -0.130. The number of halogens is 1. The monoisotopic (exact) mass is 395 g/mol. The summed E-state index contributed by atoms with van der Waals surface area (Å²) in [6.45, 7) is 6.62. The lowest BCUT2D eigenvalue weighted by Crippen LogP contribution is -2.32. The molecule has 6 heteroatoms. The van der Waals surface area contributed by atoms with Gasteiger partial charge in [0, 0.05) is 26.1 Å². The molecule has 1 aromatic heterocycles. The molecule has 0 aliphatic carbocycles. The molecule has 2 aromatic carbocycles. The third-order valence-corrected chi connectivity index (χ3v) is 4.56. The summed E-state index contributed by atoms with van der Waals surface area (Å²) in [5.74, 6) is 0.371. The van der Waals surface area contributed by atoms with Crippen LogP contribution in [0.5, 0.6) is 11.6 Å². The lowest BCUT2D eigenvalue weighted by atomic mass is 10.1. The Morgan fingerprint density at radius 2 is 1.79 bits per heavy atom. The van der Waals surface area contributed by atoms with E-state index >= 15 is 0 Å². The van der Waals surface area contributed by atoms with Crippen molar-refractivity contribution < 1.29 is 13.9 Å². The van der Waals surface area contributed by atoms with Gasteiger partial charge in [0.1, 0.15) is 5.69 Å². The standard InChI is InChI=1S/C23H26FN3O2/c1-16(2)14-27(17(3)28)15-19-22(18-10-6-5-7-11-18)25-26(4)23(19)29-21-13-9-8-12-20(21)24/h5-13,16H,14-15H2,1-4H3. The summed E-state index contributed by atoms with van der Waals surface area (Å²) in [7, 11) is 1.76. The van der Waals surface area contributed by atoms with Crippen molar-refractivity contribution in [1.82, 2.24) is 14.7 Å². The quantitative estimate of drug-likeness (QED) is 0.564. The first-order valence-corrected chi connectivity index (χ1v) is 9.66. The zero-order chi connectivity index (χ0) is 21.0. The molecule has 3 rings (SSSR count). The van der Waals surface area contributed by atoms with Crippen molar-refractivity contribution in [3.63, 3.8) is 0 Å². The smallest absolute Gasteiger partial charge is 0.223 e. The number of hydrogen-bond acceptors (Lipinski definition) is 3. The summed E-state index contributed by atoms with van der Waals surface area (Å²) in [6.07, 6.45) is 0. The molecule has 0 atom stereocenters. The fraction of sp³-hybridized carbons (Fsp3) is 0.304. The van der Waals surface area contributed by atoms with Crippen LogP contribution in [-0.4, -0.2) is 27.1 Å². The van der Waals surface area contributed by atoms with E-state index in [-0.39, 0.29) is 11.7 Å². The van der Waals surface area contributed by atoms with Crippen molar-refractivity contribution in [2.75, 3.05) is 6.54 Å². The molecule has 0 saturated carbocycles. The van der Waals surface area contributed by atoms with Gasteiger partial charge in [-0.05, 0) is 18.1 Å². The number of benzene rings is 2. The van der Waals surface area contributed by atoms with Gasteiger partial charge in [-0.1, -0.05) is 56.3 Å². The van der Waals surface area contributed by atoms with Crippen LogP contribution < -0.4 is 4.74 Å². The van der Waals surface area contributed by atoms with Crippen molar-refractivity contribution in [3.05, 3.63) is 66.0 Å². The fourth-order valence-electron chi connectivity index (χ4n) is 3.22. The molecular weight excluding hydrogens is 369 g/mol. The van der Waals surface area contributed by atoms with Crippen LogP contribution in [0.2, 0.25) is 0 Å². The number of aromatic nitrogens is 2. The molecule has 0 radical (unpaired) electrons. The summed E-state index contributed by atoms with van der Waals surface area (Å²) in [5, 5.41) is 4.63. The minimum Gasteiger partial charge on any atom is -0.436 e. The molecule has 1 heterocycles. The minimum absolute atomic E-state index is 0.0293. The van der Waals surface area contributed by atoms with E-state index in [0.717, 1.165) is 16.8 Å². The molecule has 0 aliphatic rings. The molecule has 1 amide bonds. The number of hydrogen-bond donors (Lipinski definition) is 0. The van der Waals surface area contributed by atoms with E-state index in [2.05, 4.69) is 18.9 Å². The van der Waals surface area contributed by atoms with Gasteiger partial charge in [-0.15, -0.1) is 0 Å². The van der Waals surface area contributed by atoms with Gasteiger partial charge in [-0.2, -0.15) is 5.10 Å². The Bertz CT molecular complexity index is 983. The number of para-hydroxylation sites is 1. The van der Waals surface area contributed by atoms with Crippen molar-refractivity contribution in [2.24, 2.45) is 13.0 Å². The highest BCUT2D eigenvalue weighted by Crippen LogP contribution is 2.35. The zero-order valence-corrected chi connectivity index (χ0v) is 17.2. The van der Waals surface area contributed by atoms with Crippen molar-refractivity contribution in [3.8, 4) is 22.9 Å². The second-order valence-electron chi connectivity index (χ2n) is 7.45. The Labute approximate surface area is 170 Å². The lowest BCUT2D eigenvalue weighted by Gasteiger charge is -2.23. The van der Waals surface area contributed by atoms with Gasteiger partial charge in [0.2, 0.25) is 11.8 Å². The Kier molecular flexibility index (Phi) is 6.32. The van der Waals surface area contributed by atoms with Crippen LogP contribution >= 0.6 is 0 Å². The SMILES string of the molecule is CC(=O)N(Cc1c(-c2ccccc2)nn(C)c1Oc1ccccc1F)CC(C)C. The van der Waals surface area contributed by atoms with Gasteiger partial charge in [0.25, 0.3) is 0 Å². The Morgan fingerprint density at radius 3 is 2.41 bits per heavy atom. The van der Waals surface area contributed by atoms with Crippen LogP contribution in [0.1, 0.15) is 26.3 Å². The molecule has 0 saturated heterocycles. The number of ether oxygens (including phenoxy) is 1. The largest absolute Gasteiger partial charge is 0.436 e. The fourth-order valence-corrected chi connectivity index (χ4v) is 3.22. The molecule has 0 fully saturated rings. The van der Waals surface area contributed by atoms with Crippen LogP contribution in [0.15, 0.2) is 54.6 Å². The van der Waals surface area contributed by atoms with Crippen LogP contribution in [0.4, 0.5) is 4.39 Å². The molecule has 0 spiro atoms. The molecule has 0 unspecified atom stereocenters. The van der Waals surface area contributed by atoms with E-state index in [1.54, 1.807) is 41.8 Å². The zero-order valence-electron chi connectivity index (χ0n) is 17.2. The highest BCUT2D eigenvalue weighted by atomic mass is 19.1. The first-order valence-electron chi connectivity index (χ1n) is 9.66. The van der Waals surface area contributed by atoms with Crippen LogP contribution in [0.25, 0.3) is 11.3 Å². The Morgan fingerprint density at radius 1 is 1.14 bits per heavy atom. The van der Waals surface area contributed by atoms with Crippen molar-refractivity contribution in [2.45, 2.75) is 27.3 Å². The number of amides is 1. The van der Waals surface area contributed by atoms with Gasteiger partial charge < -0.3 is 9.64 Å². The number of rotatable bonds is 7.